The molecule has 0 aliphatic heterocycles. The van der Waals surface area contributed by atoms with E-state index >= 15 is 0 Å². The van der Waals surface area contributed by atoms with Crippen LogP contribution in [0.4, 0.5) is 0 Å². The van der Waals surface area contributed by atoms with E-state index in [4.69, 9.17) is 4.11 Å². The second kappa shape index (κ2) is 6.16. The molecule has 0 spiro atoms. The molecule has 0 fully saturated rings. The maximum Gasteiger partial charge on any atom is 0.220 e. The quantitative estimate of drug-likeness (QED) is 0.566. The Morgan fingerprint density at radius 3 is 2.74 bits per heavy atom. The minimum Gasteiger partial charge on any atom is -0.198 e. The summed E-state index contributed by atoms with van der Waals surface area (Å²) in [5.74, 6) is 0.453. The van der Waals surface area contributed by atoms with Crippen LogP contribution in [0.1, 0.15) is 47.1 Å². The summed E-state index contributed by atoms with van der Waals surface area (Å²) in [5, 5.41) is 1.94. The van der Waals surface area contributed by atoms with Crippen LogP contribution in [0.5, 0.6) is 0 Å². The Labute approximate surface area is 143 Å². The van der Waals surface area contributed by atoms with Crippen LogP contribution in [0.15, 0.2) is 48.5 Å². The normalized spacial score (nSPS) is 14.4. The number of aromatic nitrogens is 1. The van der Waals surface area contributed by atoms with Gasteiger partial charge in [-0.1, -0.05) is 44.1 Å². The van der Waals surface area contributed by atoms with Gasteiger partial charge in [0, 0.05) is 18.5 Å². The average Bonchev–Trinajstić information content (AvgIpc) is 2.62. The molecule has 3 rings (SSSR count). The Hall–Kier alpha value is -2.15. The van der Waals surface area contributed by atoms with Gasteiger partial charge in [0.1, 0.15) is 7.05 Å². The number of nitrogens with zero attached hydrogens (tertiary/aromatic N) is 1. The molecule has 0 saturated carbocycles. The molecule has 118 valence electrons. The van der Waals surface area contributed by atoms with E-state index in [0.717, 1.165) is 39.7 Å². The van der Waals surface area contributed by atoms with E-state index in [1.54, 1.807) is 6.07 Å². The number of hydrogen-bond acceptors (Lipinski definition) is 0. The van der Waals surface area contributed by atoms with E-state index in [-0.39, 0.29) is 0 Å². The van der Waals surface area contributed by atoms with E-state index in [2.05, 4.69) is 32.0 Å². The van der Waals surface area contributed by atoms with Crippen LogP contribution in [0, 0.1) is 13.8 Å². The fourth-order valence-corrected chi connectivity index (χ4v) is 3.07. The van der Waals surface area contributed by atoms with Crippen LogP contribution >= 0.6 is 0 Å². The molecule has 0 saturated heterocycles. The summed E-state index contributed by atoms with van der Waals surface area (Å²) in [4.78, 5) is 0. The standard InChI is InChI=1S/C22H26N/c1-6-15(2)18-11-12-21-19(14-18)13-17(4)23(5)22(21)20-10-8-7-9-16(20)3/h7-15H,6H2,1-5H3/q+1/i8D,9D,13D. The zero-order chi connectivity index (χ0) is 19.2. The van der Waals surface area contributed by atoms with Crippen molar-refractivity contribution in [1.82, 2.24) is 0 Å². The molecule has 1 heteroatoms. The van der Waals surface area contributed by atoms with Gasteiger partial charge in [-0.2, -0.15) is 4.57 Å². The van der Waals surface area contributed by atoms with E-state index in [9.17, 15) is 0 Å². The Bertz CT molecular complexity index is 1010. The number of benzene rings is 2. The second-order valence-corrected chi connectivity index (χ2v) is 6.37. The topological polar surface area (TPSA) is 3.88 Å². The maximum absolute atomic E-state index is 8.63. The molecule has 0 aliphatic rings. The first-order valence-corrected chi connectivity index (χ1v) is 8.27. The molecule has 1 unspecified atom stereocenters. The summed E-state index contributed by atoms with van der Waals surface area (Å²) in [7, 11) is 1.96. The molecule has 0 aliphatic carbocycles. The summed E-state index contributed by atoms with van der Waals surface area (Å²) < 4.78 is 26.9. The van der Waals surface area contributed by atoms with E-state index in [1.165, 1.54) is 5.56 Å². The largest absolute Gasteiger partial charge is 0.220 e. The van der Waals surface area contributed by atoms with Gasteiger partial charge < -0.3 is 0 Å². The Kier molecular flexibility index (Phi) is 3.29. The highest BCUT2D eigenvalue weighted by Gasteiger charge is 2.19. The third kappa shape index (κ3) is 2.76. The molecular weight excluding hydrogens is 278 g/mol. The Morgan fingerprint density at radius 2 is 2.00 bits per heavy atom. The number of pyridine rings is 1. The SMILES string of the molecule is [2H]c1cc([2H])c(C)c(-c2c3ccc(C(C)CC)cc3c([2H])c(C)[n+]2C)c1. The van der Waals surface area contributed by atoms with Crippen molar-refractivity contribution < 1.29 is 8.68 Å². The van der Waals surface area contributed by atoms with Crippen molar-refractivity contribution in [3.63, 3.8) is 0 Å². The van der Waals surface area contributed by atoms with E-state index in [0.29, 0.717) is 24.0 Å². The van der Waals surface area contributed by atoms with Crippen molar-refractivity contribution >= 4 is 10.8 Å². The van der Waals surface area contributed by atoms with Crippen molar-refractivity contribution in [2.24, 2.45) is 7.05 Å². The van der Waals surface area contributed by atoms with E-state index in [1.807, 2.05) is 31.5 Å². The summed E-state index contributed by atoms with van der Waals surface area (Å²) in [6.45, 7) is 8.28. The van der Waals surface area contributed by atoms with Gasteiger partial charge in [0.05, 0.1) is 9.50 Å². The molecule has 23 heavy (non-hydrogen) atoms. The maximum atomic E-state index is 8.63. The lowest BCUT2D eigenvalue weighted by Gasteiger charge is -2.13. The smallest absolute Gasteiger partial charge is 0.198 e. The first kappa shape index (κ1) is 12.3. The molecule has 2 aromatic carbocycles. The lowest BCUT2D eigenvalue weighted by atomic mass is 9.93. The molecule has 1 heterocycles. The average molecular weight is 307 g/mol. The summed E-state index contributed by atoms with van der Waals surface area (Å²) in [6.07, 6.45) is 1.06. The van der Waals surface area contributed by atoms with Crippen LogP contribution in [0.3, 0.4) is 0 Å². The van der Waals surface area contributed by atoms with Crippen LogP contribution in [-0.4, -0.2) is 0 Å². The van der Waals surface area contributed by atoms with Crippen LogP contribution in [0.2, 0.25) is 0 Å². The predicted molar refractivity (Wildman–Crippen MR) is 98.7 cm³/mol. The van der Waals surface area contributed by atoms with Gasteiger partial charge in [-0.15, -0.1) is 0 Å². The molecule has 0 N–H and O–H groups in total. The second-order valence-electron chi connectivity index (χ2n) is 6.37. The number of rotatable bonds is 3. The highest BCUT2D eigenvalue weighted by molar-refractivity contribution is 5.94. The molecule has 1 atom stereocenters. The van der Waals surface area contributed by atoms with Crippen molar-refractivity contribution in [2.45, 2.75) is 40.0 Å². The first-order chi connectivity index (χ1) is 12.3. The highest BCUT2D eigenvalue weighted by Crippen LogP contribution is 2.31. The zero-order valence-electron chi connectivity index (χ0n) is 17.6. The molecule has 0 radical (unpaired) electrons. The number of hydrogen-bond donors (Lipinski definition) is 0. The van der Waals surface area contributed by atoms with Gasteiger partial charge in [0.25, 0.3) is 0 Å². The van der Waals surface area contributed by atoms with Crippen molar-refractivity contribution in [2.75, 3.05) is 0 Å². The van der Waals surface area contributed by atoms with Crippen molar-refractivity contribution in [3.8, 4) is 11.3 Å². The molecule has 0 bridgehead atoms. The van der Waals surface area contributed by atoms with Gasteiger partial charge >= 0.3 is 0 Å². The fraction of sp³-hybridized carbons (Fsp3) is 0.318. The summed E-state index contributed by atoms with van der Waals surface area (Å²) >= 11 is 0. The van der Waals surface area contributed by atoms with Crippen LogP contribution in [-0.2, 0) is 7.05 Å². The monoisotopic (exact) mass is 307 g/mol. The third-order valence-electron chi connectivity index (χ3n) is 4.89. The third-order valence-corrected chi connectivity index (χ3v) is 4.89. The molecule has 3 aromatic rings. The minimum atomic E-state index is 0.340. The van der Waals surface area contributed by atoms with Gasteiger partial charge in [-0.3, -0.25) is 0 Å². The van der Waals surface area contributed by atoms with E-state index < -0.39 is 0 Å². The van der Waals surface area contributed by atoms with Gasteiger partial charge in [-0.25, -0.2) is 0 Å². The lowest BCUT2D eigenvalue weighted by molar-refractivity contribution is -0.665. The fourth-order valence-electron chi connectivity index (χ4n) is 3.07. The van der Waals surface area contributed by atoms with Gasteiger partial charge in [0.15, 0.2) is 5.69 Å². The van der Waals surface area contributed by atoms with Crippen molar-refractivity contribution in [3.05, 3.63) is 65.3 Å². The number of fused-ring (bicyclic) bond motifs is 1. The summed E-state index contributed by atoms with van der Waals surface area (Å²) in [5.41, 5.74) is 4.87. The molecule has 0 amide bonds. The zero-order valence-corrected chi connectivity index (χ0v) is 14.6. The molecule has 1 aromatic heterocycles. The van der Waals surface area contributed by atoms with Gasteiger partial charge in [0.2, 0.25) is 5.69 Å². The van der Waals surface area contributed by atoms with Crippen LogP contribution < -0.4 is 4.57 Å². The first-order valence-electron chi connectivity index (χ1n) is 9.77. The molecule has 1 nitrogen and oxygen atoms in total. The Morgan fingerprint density at radius 1 is 1.22 bits per heavy atom. The lowest BCUT2D eigenvalue weighted by Crippen LogP contribution is -2.35. The Balaban J connectivity index is 2.43. The van der Waals surface area contributed by atoms with Crippen molar-refractivity contribution in [1.29, 1.82) is 0 Å². The summed E-state index contributed by atoms with van der Waals surface area (Å²) in [6, 6.07) is 11.1. The highest BCUT2D eigenvalue weighted by atomic mass is 14.9. The molecular formula is C22H26N+. The van der Waals surface area contributed by atoms with Crippen LogP contribution in [0.25, 0.3) is 22.0 Å². The minimum absolute atomic E-state index is 0.340. The predicted octanol–water partition coefficient (Wildman–Crippen LogP) is 5.46. The van der Waals surface area contributed by atoms with Gasteiger partial charge in [-0.05, 0) is 47.9 Å².